The molecule has 0 saturated heterocycles. The van der Waals surface area contributed by atoms with Crippen molar-refractivity contribution in [2.24, 2.45) is 11.7 Å². The average Bonchev–Trinajstić information content (AvgIpc) is 2.32. The predicted molar refractivity (Wildman–Crippen MR) is 68.2 cm³/mol. The molecule has 7 heteroatoms. The van der Waals surface area contributed by atoms with Gasteiger partial charge in [-0.2, -0.15) is 0 Å². The summed E-state index contributed by atoms with van der Waals surface area (Å²) in [7, 11) is 1.22. The van der Waals surface area contributed by atoms with Gasteiger partial charge in [0, 0.05) is 6.42 Å². The Morgan fingerprint density at radius 3 is 2.32 bits per heavy atom. The van der Waals surface area contributed by atoms with Gasteiger partial charge in [0.1, 0.15) is 6.04 Å². The Morgan fingerprint density at radius 1 is 1.32 bits per heavy atom. The lowest BCUT2D eigenvalue weighted by Gasteiger charge is -2.18. The zero-order valence-electron chi connectivity index (χ0n) is 11.5. The van der Waals surface area contributed by atoms with Crippen molar-refractivity contribution in [3.63, 3.8) is 0 Å². The van der Waals surface area contributed by atoms with Gasteiger partial charge in [-0.05, 0) is 18.8 Å². The summed E-state index contributed by atoms with van der Waals surface area (Å²) in [4.78, 5) is 33.6. The van der Waals surface area contributed by atoms with Crippen LogP contribution in [0.25, 0.3) is 0 Å². The summed E-state index contributed by atoms with van der Waals surface area (Å²) in [5.41, 5.74) is 5.65. The number of carbonyl (C=O) groups is 3. The molecule has 0 aliphatic heterocycles. The summed E-state index contributed by atoms with van der Waals surface area (Å²) in [5.74, 6) is -2.01. The van der Waals surface area contributed by atoms with Gasteiger partial charge in [0.25, 0.3) is 0 Å². The molecule has 0 bridgehead atoms. The lowest BCUT2D eigenvalue weighted by atomic mass is 10.0. The fourth-order valence-electron chi connectivity index (χ4n) is 1.52. The standard InChI is InChI=1S/C12H22N2O5/c1-7(2)6-8(13)11(16)14-9(12(17)18)4-5-10(15)19-3/h7-9H,4-6,13H2,1-3H3,(H,14,16)(H,17,18)/t8-,9-/m0/s1. The van der Waals surface area contributed by atoms with Gasteiger partial charge in [0.2, 0.25) is 5.91 Å². The van der Waals surface area contributed by atoms with Gasteiger partial charge in [-0.15, -0.1) is 0 Å². The molecule has 110 valence electrons. The summed E-state index contributed by atoms with van der Waals surface area (Å²) >= 11 is 0. The number of aliphatic carboxylic acids is 1. The molecule has 0 aliphatic rings. The number of carboxylic acid groups (broad SMARTS) is 1. The predicted octanol–water partition coefficient (Wildman–Crippen LogP) is -0.118. The first-order valence-corrected chi connectivity index (χ1v) is 6.13. The van der Waals surface area contributed by atoms with Gasteiger partial charge in [-0.3, -0.25) is 9.59 Å². The van der Waals surface area contributed by atoms with E-state index < -0.39 is 29.9 Å². The molecule has 0 aromatic rings. The average molecular weight is 274 g/mol. The van der Waals surface area contributed by atoms with Crippen LogP contribution in [0, 0.1) is 5.92 Å². The van der Waals surface area contributed by atoms with E-state index in [4.69, 9.17) is 10.8 Å². The normalized spacial score (nSPS) is 13.7. The van der Waals surface area contributed by atoms with Crippen molar-refractivity contribution in [3.05, 3.63) is 0 Å². The van der Waals surface area contributed by atoms with E-state index in [1.54, 1.807) is 0 Å². The van der Waals surface area contributed by atoms with Crippen LogP contribution in [0.1, 0.15) is 33.1 Å². The van der Waals surface area contributed by atoms with Crippen LogP contribution in [-0.2, 0) is 19.1 Å². The van der Waals surface area contributed by atoms with E-state index in [-0.39, 0.29) is 18.8 Å². The summed E-state index contributed by atoms with van der Waals surface area (Å²) < 4.78 is 4.42. The smallest absolute Gasteiger partial charge is 0.326 e. The Hall–Kier alpha value is -1.63. The highest BCUT2D eigenvalue weighted by atomic mass is 16.5. The topological polar surface area (TPSA) is 119 Å². The Kier molecular flexibility index (Phi) is 7.74. The van der Waals surface area contributed by atoms with Gasteiger partial charge in [-0.25, -0.2) is 4.79 Å². The van der Waals surface area contributed by atoms with E-state index in [0.717, 1.165) is 0 Å². The van der Waals surface area contributed by atoms with Crippen molar-refractivity contribution in [1.29, 1.82) is 0 Å². The van der Waals surface area contributed by atoms with Crippen LogP contribution < -0.4 is 11.1 Å². The minimum atomic E-state index is -1.20. The number of hydrogen-bond acceptors (Lipinski definition) is 5. The molecule has 0 rings (SSSR count). The minimum absolute atomic E-state index is 0.0256. The molecule has 0 heterocycles. The highest BCUT2D eigenvalue weighted by Crippen LogP contribution is 2.05. The first kappa shape index (κ1) is 17.4. The molecule has 0 spiro atoms. The second-order valence-electron chi connectivity index (χ2n) is 4.75. The van der Waals surface area contributed by atoms with Gasteiger partial charge in [0.15, 0.2) is 0 Å². The largest absolute Gasteiger partial charge is 0.480 e. The third kappa shape index (κ3) is 7.40. The summed E-state index contributed by atoms with van der Waals surface area (Å²) in [6.45, 7) is 3.83. The van der Waals surface area contributed by atoms with E-state index >= 15 is 0 Å². The first-order chi connectivity index (χ1) is 8.77. The summed E-state index contributed by atoms with van der Waals surface area (Å²) in [6, 6.07) is -1.88. The van der Waals surface area contributed by atoms with E-state index in [1.807, 2.05) is 13.8 Å². The minimum Gasteiger partial charge on any atom is -0.480 e. The van der Waals surface area contributed by atoms with Crippen LogP contribution in [0.3, 0.4) is 0 Å². The van der Waals surface area contributed by atoms with E-state index in [1.165, 1.54) is 7.11 Å². The second-order valence-corrected chi connectivity index (χ2v) is 4.75. The number of nitrogens with one attached hydrogen (secondary N) is 1. The Morgan fingerprint density at radius 2 is 1.89 bits per heavy atom. The van der Waals surface area contributed by atoms with Crippen LogP contribution in [-0.4, -0.2) is 42.1 Å². The van der Waals surface area contributed by atoms with Crippen molar-refractivity contribution < 1.29 is 24.2 Å². The quantitative estimate of drug-likeness (QED) is 0.531. The third-order valence-corrected chi connectivity index (χ3v) is 2.54. The number of ether oxygens (including phenoxy) is 1. The molecule has 0 radical (unpaired) electrons. The molecule has 0 aromatic carbocycles. The molecule has 19 heavy (non-hydrogen) atoms. The highest BCUT2D eigenvalue weighted by molar-refractivity contribution is 5.87. The van der Waals surface area contributed by atoms with Crippen LogP contribution >= 0.6 is 0 Å². The Labute approximate surface area is 112 Å². The number of rotatable bonds is 8. The first-order valence-electron chi connectivity index (χ1n) is 6.13. The molecule has 7 nitrogen and oxygen atoms in total. The number of nitrogens with two attached hydrogens (primary N) is 1. The molecule has 0 aromatic heterocycles. The van der Waals surface area contributed by atoms with Crippen molar-refractivity contribution in [1.82, 2.24) is 5.32 Å². The molecule has 0 aliphatic carbocycles. The number of methoxy groups -OCH3 is 1. The van der Waals surface area contributed by atoms with Gasteiger partial charge in [-0.1, -0.05) is 13.8 Å². The molecular weight excluding hydrogens is 252 g/mol. The molecule has 1 amide bonds. The zero-order chi connectivity index (χ0) is 15.0. The van der Waals surface area contributed by atoms with Gasteiger partial charge >= 0.3 is 11.9 Å². The molecular formula is C12H22N2O5. The van der Waals surface area contributed by atoms with E-state index in [0.29, 0.717) is 6.42 Å². The summed E-state index contributed by atoms with van der Waals surface area (Å²) in [5, 5.41) is 11.3. The van der Waals surface area contributed by atoms with Crippen LogP contribution in [0.2, 0.25) is 0 Å². The van der Waals surface area contributed by atoms with Crippen molar-refractivity contribution in [2.75, 3.05) is 7.11 Å². The van der Waals surface area contributed by atoms with Crippen molar-refractivity contribution in [3.8, 4) is 0 Å². The van der Waals surface area contributed by atoms with Crippen LogP contribution in [0.5, 0.6) is 0 Å². The number of esters is 1. The number of carbonyl (C=O) groups excluding carboxylic acids is 2. The van der Waals surface area contributed by atoms with Crippen molar-refractivity contribution in [2.45, 2.75) is 45.2 Å². The maximum atomic E-state index is 11.7. The van der Waals surface area contributed by atoms with E-state index in [2.05, 4.69) is 10.1 Å². The lowest BCUT2D eigenvalue weighted by molar-refractivity contribution is -0.144. The Balaban J connectivity index is 4.37. The zero-order valence-corrected chi connectivity index (χ0v) is 11.5. The Bertz CT molecular complexity index is 330. The molecule has 0 saturated carbocycles. The van der Waals surface area contributed by atoms with Gasteiger partial charge < -0.3 is 20.9 Å². The number of amides is 1. The highest BCUT2D eigenvalue weighted by Gasteiger charge is 2.24. The van der Waals surface area contributed by atoms with Gasteiger partial charge in [0.05, 0.1) is 13.2 Å². The number of carboxylic acids is 1. The fraction of sp³-hybridized carbons (Fsp3) is 0.750. The molecule has 0 fully saturated rings. The van der Waals surface area contributed by atoms with Crippen LogP contribution in [0.4, 0.5) is 0 Å². The fourth-order valence-corrected chi connectivity index (χ4v) is 1.52. The van der Waals surface area contributed by atoms with Crippen LogP contribution in [0.15, 0.2) is 0 Å². The molecule has 2 atom stereocenters. The summed E-state index contributed by atoms with van der Waals surface area (Å²) in [6.07, 6.45) is 0.366. The third-order valence-electron chi connectivity index (χ3n) is 2.54. The lowest BCUT2D eigenvalue weighted by Crippen LogP contribution is -2.48. The monoisotopic (exact) mass is 274 g/mol. The van der Waals surface area contributed by atoms with E-state index in [9.17, 15) is 14.4 Å². The van der Waals surface area contributed by atoms with Crippen molar-refractivity contribution >= 4 is 17.8 Å². The maximum Gasteiger partial charge on any atom is 0.326 e. The molecule has 0 unspecified atom stereocenters. The number of hydrogen-bond donors (Lipinski definition) is 3. The second kappa shape index (κ2) is 8.47. The SMILES string of the molecule is COC(=O)CC[C@H](NC(=O)[C@@H](N)CC(C)C)C(=O)O. The molecule has 4 N–H and O–H groups in total. The maximum absolute atomic E-state index is 11.7.